The monoisotopic (exact) mass is 293 g/mol. The summed E-state index contributed by atoms with van der Waals surface area (Å²) in [5, 5.41) is 21.5. The Kier molecular flexibility index (Phi) is 4.07. The van der Waals surface area contributed by atoms with Crippen molar-refractivity contribution < 1.29 is 23.8 Å². The molecule has 0 fully saturated rings. The first-order valence-electron chi connectivity index (χ1n) is 6.12. The van der Waals surface area contributed by atoms with Gasteiger partial charge in [-0.3, -0.25) is 0 Å². The molecule has 0 bridgehead atoms. The highest BCUT2D eigenvalue weighted by atomic mass is 19.1. The smallest absolute Gasteiger partial charge is 0.330 e. The Labute approximate surface area is 119 Å². The van der Waals surface area contributed by atoms with Crippen LogP contribution in [-0.2, 0) is 4.79 Å². The molecule has 6 heteroatoms. The first-order chi connectivity index (χ1) is 9.86. The number of rotatable bonds is 4. The maximum absolute atomic E-state index is 13.3. The van der Waals surface area contributed by atoms with Crippen LogP contribution in [0.1, 0.15) is 17.2 Å². The normalized spacial score (nSPS) is 12.0. The molecule has 0 saturated heterocycles. The number of phenols is 1. The van der Waals surface area contributed by atoms with Gasteiger partial charge in [0, 0.05) is 11.3 Å². The second-order valence-electron chi connectivity index (χ2n) is 4.64. The molecule has 2 aromatic carbocycles. The summed E-state index contributed by atoms with van der Waals surface area (Å²) in [6, 6.07) is 5.58. The van der Waals surface area contributed by atoms with Crippen LogP contribution in [0.15, 0.2) is 36.4 Å². The van der Waals surface area contributed by atoms with Gasteiger partial charge in [0.25, 0.3) is 0 Å². The van der Waals surface area contributed by atoms with E-state index in [1.807, 2.05) is 0 Å². The van der Waals surface area contributed by atoms with Gasteiger partial charge >= 0.3 is 5.97 Å². The summed E-state index contributed by atoms with van der Waals surface area (Å²) < 4.78 is 26.6. The van der Waals surface area contributed by atoms with Gasteiger partial charge < -0.3 is 15.5 Å². The number of carboxylic acids is 1. The zero-order chi connectivity index (χ0) is 15.6. The van der Waals surface area contributed by atoms with Crippen LogP contribution < -0.4 is 5.32 Å². The number of aryl methyl sites for hydroxylation is 1. The average molecular weight is 293 g/mol. The second kappa shape index (κ2) is 5.78. The maximum atomic E-state index is 13.3. The van der Waals surface area contributed by atoms with Crippen molar-refractivity contribution in [1.29, 1.82) is 0 Å². The van der Waals surface area contributed by atoms with Gasteiger partial charge in [0.15, 0.2) is 6.04 Å². The minimum absolute atomic E-state index is 0.135. The van der Waals surface area contributed by atoms with Gasteiger partial charge in [-0.15, -0.1) is 0 Å². The number of aliphatic carboxylic acids is 1. The lowest BCUT2D eigenvalue weighted by Crippen LogP contribution is -2.21. The lowest BCUT2D eigenvalue weighted by molar-refractivity contribution is -0.138. The molecule has 0 aliphatic rings. The Morgan fingerprint density at radius 1 is 1.14 bits per heavy atom. The number of hydrogen-bond acceptors (Lipinski definition) is 3. The molecule has 1 unspecified atom stereocenters. The molecule has 21 heavy (non-hydrogen) atoms. The van der Waals surface area contributed by atoms with Crippen molar-refractivity contribution in [3.05, 3.63) is 59.2 Å². The van der Waals surface area contributed by atoms with Crippen molar-refractivity contribution in [2.24, 2.45) is 0 Å². The zero-order valence-electron chi connectivity index (χ0n) is 11.1. The number of hydrogen-bond donors (Lipinski definition) is 3. The summed E-state index contributed by atoms with van der Waals surface area (Å²) in [7, 11) is 0. The van der Waals surface area contributed by atoms with Crippen LogP contribution in [0.3, 0.4) is 0 Å². The standard InChI is InChI=1S/C15H13F2NO3/c1-8-4-10(17)6-11(5-8)18-14(15(20)21)12-7-9(16)2-3-13(12)19/h2-7,14,18-19H,1H3,(H,20,21). The van der Waals surface area contributed by atoms with E-state index in [9.17, 15) is 23.8 Å². The van der Waals surface area contributed by atoms with E-state index in [2.05, 4.69) is 5.32 Å². The fraction of sp³-hybridized carbons (Fsp3) is 0.133. The lowest BCUT2D eigenvalue weighted by atomic mass is 10.0. The molecular formula is C15H13F2NO3. The number of carboxylic acid groups (broad SMARTS) is 1. The van der Waals surface area contributed by atoms with E-state index in [1.165, 1.54) is 6.07 Å². The van der Waals surface area contributed by atoms with Gasteiger partial charge in [0.1, 0.15) is 17.4 Å². The quantitative estimate of drug-likeness (QED) is 0.809. The van der Waals surface area contributed by atoms with E-state index < -0.39 is 23.6 Å². The van der Waals surface area contributed by atoms with Gasteiger partial charge in [-0.05, 0) is 48.9 Å². The van der Waals surface area contributed by atoms with E-state index in [0.717, 1.165) is 24.3 Å². The minimum Gasteiger partial charge on any atom is -0.508 e. The van der Waals surface area contributed by atoms with Crippen molar-refractivity contribution in [2.75, 3.05) is 5.32 Å². The fourth-order valence-corrected chi connectivity index (χ4v) is 2.02. The molecule has 0 heterocycles. The van der Waals surface area contributed by atoms with Crippen LogP contribution in [0, 0.1) is 18.6 Å². The third-order valence-corrected chi connectivity index (χ3v) is 2.90. The van der Waals surface area contributed by atoms with Gasteiger partial charge in [0.2, 0.25) is 0 Å². The third kappa shape index (κ3) is 3.47. The summed E-state index contributed by atoms with van der Waals surface area (Å²) in [6.45, 7) is 1.66. The fourth-order valence-electron chi connectivity index (χ4n) is 2.02. The molecule has 110 valence electrons. The molecule has 2 aromatic rings. The van der Waals surface area contributed by atoms with Gasteiger partial charge in [-0.1, -0.05) is 0 Å². The molecule has 1 atom stereocenters. The van der Waals surface area contributed by atoms with E-state index in [-0.39, 0.29) is 17.0 Å². The van der Waals surface area contributed by atoms with Crippen molar-refractivity contribution in [2.45, 2.75) is 13.0 Å². The first kappa shape index (κ1) is 14.8. The Morgan fingerprint density at radius 3 is 2.48 bits per heavy atom. The third-order valence-electron chi connectivity index (χ3n) is 2.90. The topological polar surface area (TPSA) is 69.6 Å². The molecule has 0 saturated carbocycles. The molecule has 0 aromatic heterocycles. The van der Waals surface area contributed by atoms with E-state index in [1.54, 1.807) is 13.0 Å². The van der Waals surface area contributed by atoms with E-state index in [0.29, 0.717) is 5.56 Å². The molecule has 0 spiro atoms. The summed E-state index contributed by atoms with van der Waals surface area (Å²) in [4.78, 5) is 11.3. The molecule has 0 aliphatic heterocycles. The molecule has 0 amide bonds. The Hall–Kier alpha value is -2.63. The highest BCUT2D eigenvalue weighted by molar-refractivity contribution is 5.80. The molecule has 2 rings (SSSR count). The number of nitrogens with one attached hydrogen (secondary N) is 1. The Morgan fingerprint density at radius 2 is 1.86 bits per heavy atom. The average Bonchev–Trinajstić information content (AvgIpc) is 2.37. The summed E-state index contributed by atoms with van der Waals surface area (Å²) >= 11 is 0. The highest BCUT2D eigenvalue weighted by Crippen LogP contribution is 2.28. The number of carbonyl (C=O) groups is 1. The largest absolute Gasteiger partial charge is 0.508 e. The molecule has 0 radical (unpaired) electrons. The van der Waals surface area contributed by atoms with Crippen molar-refractivity contribution >= 4 is 11.7 Å². The van der Waals surface area contributed by atoms with E-state index in [4.69, 9.17) is 0 Å². The van der Waals surface area contributed by atoms with Crippen LogP contribution >= 0.6 is 0 Å². The molecule has 4 nitrogen and oxygen atoms in total. The minimum atomic E-state index is -1.40. The van der Waals surface area contributed by atoms with E-state index >= 15 is 0 Å². The highest BCUT2D eigenvalue weighted by Gasteiger charge is 2.23. The number of benzene rings is 2. The van der Waals surface area contributed by atoms with Crippen LogP contribution in [0.5, 0.6) is 5.75 Å². The summed E-state index contributed by atoms with van der Waals surface area (Å²) in [5.41, 5.74) is 0.693. The van der Waals surface area contributed by atoms with Gasteiger partial charge in [-0.2, -0.15) is 0 Å². The van der Waals surface area contributed by atoms with Crippen molar-refractivity contribution in [3.8, 4) is 5.75 Å². The molecule has 0 aliphatic carbocycles. The predicted octanol–water partition coefficient (Wildman–Crippen LogP) is 3.22. The molecular weight excluding hydrogens is 280 g/mol. The Bertz CT molecular complexity index is 668. The predicted molar refractivity (Wildman–Crippen MR) is 73.2 cm³/mol. The van der Waals surface area contributed by atoms with Gasteiger partial charge in [-0.25, -0.2) is 13.6 Å². The zero-order valence-corrected chi connectivity index (χ0v) is 11.1. The van der Waals surface area contributed by atoms with Crippen LogP contribution in [0.4, 0.5) is 14.5 Å². The molecule has 3 N–H and O–H groups in total. The van der Waals surface area contributed by atoms with Crippen LogP contribution in [0.25, 0.3) is 0 Å². The van der Waals surface area contributed by atoms with Crippen LogP contribution in [-0.4, -0.2) is 16.2 Å². The summed E-state index contributed by atoms with van der Waals surface area (Å²) in [6.07, 6.45) is 0. The van der Waals surface area contributed by atoms with Gasteiger partial charge in [0.05, 0.1) is 0 Å². The summed E-state index contributed by atoms with van der Waals surface area (Å²) in [5.74, 6) is -2.88. The number of anilines is 1. The number of aromatic hydroxyl groups is 1. The van der Waals surface area contributed by atoms with Crippen molar-refractivity contribution in [1.82, 2.24) is 0 Å². The second-order valence-corrected chi connectivity index (χ2v) is 4.64. The number of halogens is 2. The Balaban J connectivity index is 2.40. The first-order valence-corrected chi connectivity index (χ1v) is 6.12. The van der Waals surface area contributed by atoms with Crippen molar-refractivity contribution in [3.63, 3.8) is 0 Å². The lowest BCUT2D eigenvalue weighted by Gasteiger charge is -2.18. The SMILES string of the molecule is Cc1cc(F)cc(NC(C(=O)O)c2cc(F)ccc2O)c1. The maximum Gasteiger partial charge on any atom is 0.330 e. The van der Waals surface area contributed by atoms with Crippen LogP contribution in [0.2, 0.25) is 0 Å². The number of phenolic OH excluding ortho intramolecular Hbond substituents is 1.